The van der Waals surface area contributed by atoms with Crippen molar-refractivity contribution in [3.63, 3.8) is 0 Å². The predicted molar refractivity (Wildman–Crippen MR) is 129 cm³/mol. The first-order valence-electron chi connectivity index (χ1n) is 10.5. The molecule has 2 N–H and O–H groups in total. The van der Waals surface area contributed by atoms with Crippen LogP contribution in [0.25, 0.3) is 27.7 Å². The number of urea groups is 1. The van der Waals surface area contributed by atoms with Gasteiger partial charge in [-0.3, -0.25) is 0 Å². The smallest absolute Gasteiger partial charge is 0.319 e. The third-order valence-corrected chi connectivity index (χ3v) is 5.34. The molecule has 0 bridgehead atoms. The lowest BCUT2D eigenvalue weighted by Gasteiger charge is -2.10. The van der Waals surface area contributed by atoms with E-state index >= 15 is 0 Å². The fourth-order valence-electron chi connectivity index (χ4n) is 3.77. The largest absolute Gasteiger partial charge is 0.334 e. The SMILES string of the molecule is O=C(NCc1cn(-c2ccccc2)nc1-c1ccccc1)Nc1cccc2ccccc12. The quantitative estimate of drug-likeness (QED) is 0.367. The summed E-state index contributed by atoms with van der Waals surface area (Å²) in [5, 5.41) is 12.8. The van der Waals surface area contributed by atoms with Crippen LogP contribution in [0.15, 0.2) is 109 Å². The molecule has 32 heavy (non-hydrogen) atoms. The van der Waals surface area contributed by atoms with E-state index in [-0.39, 0.29) is 6.03 Å². The fraction of sp³-hybridized carbons (Fsp3) is 0.0370. The number of para-hydroxylation sites is 1. The summed E-state index contributed by atoms with van der Waals surface area (Å²) in [7, 11) is 0. The molecule has 2 amide bonds. The number of benzene rings is 4. The Labute approximate surface area is 186 Å². The minimum Gasteiger partial charge on any atom is -0.334 e. The van der Waals surface area contributed by atoms with Crippen LogP contribution in [0.4, 0.5) is 10.5 Å². The van der Waals surface area contributed by atoms with Crippen LogP contribution in [-0.2, 0) is 6.54 Å². The van der Waals surface area contributed by atoms with Crippen molar-refractivity contribution in [2.75, 3.05) is 5.32 Å². The van der Waals surface area contributed by atoms with Crippen molar-refractivity contribution in [1.82, 2.24) is 15.1 Å². The van der Waals surface area contributed by atoms with Gasteiger partial charge in [-0.15, -0.1) is 0 Å². The lowest BCUT2D eigenvalue weighted by atomic mass is 10.1. The number of nitrogens with one attached hydrogen (secondary N) is 2. The van der Waals surface area contributed by atoms with Gasteiger partial charge in [0.2, 0.25) is 0 Å². The molecule has 0 aliphatic carbocycles. The molecule has 0 unspecified atom stereocenters. The molecule has 5 heteroatoms. The van der Waals surface area contributed by atoms with Crippen LogP contribution in [0, 0.1) is 0 Å². The Balaban J connectivity index is 1.38. The lowest BCUT2D eigenvalue weighted by Crippen LogP contribution is -2.28. The maximum Gasteiger partial charge on any atom is 0.319 e. The highest BCUT2D eigenvalue weighted by molar-refractivity contribution is 6.01. The van der Waals surface area contributed by atoms with Crippen LogP contribution in [-0.4, -0.2) is 15.8 Å². The zero-order valence-electron chi connectivity index (χ0n) is 17.4. The number of carbonyl (C=O) groups excluding carboxylic acids is 1. The lowest BCUT2D eigenvalue weighted by molar-refractivity contribution is 0.252. The van der Waals surface area contributed by atoms with E-state index in [2.05, 4.69) is 10.6 Å². The van der Waals surface area contributed by atoms with Crippen molar-refractivity contribution in [2.45, 2.75) is 6.54 Å². The second-order valence-corrected chi connectivity index (χ2v) is 7.48. The summed E-state index contributed by atoms with van der Waals surface area (Å²) in [6.07, 6.45) is 1.97. The number of amides is 2. The van der Waals surface area contributed by atoms with Gasteiger partial charge in [0, 0.05) is 29.3 Å². The molecule has 5 nitrogen and oxygen atoms in total. The van der Waals surface area contributed by atoms with E-state index in [1.807, 2.05) is 114 Å². The van der Waals surface area contributed by atoms with Crippen molar-refractivity contribution >= 4 is 22.5 Å². The first-order valence-corrected chi connectivity index (χ1v) is 10.5. The Morgan fingerprint density at radius 2 is 1.47 bits per heavy atom. The van der Waals surface area contributed by atoms with Crippen molar-refractivity contribution in [1.29, 1.82) is 0 Å². The molecule has 5 aromatic rings. The Morgan fingerprint density at radius 1 is 0.781 bits per heavy atom. The van der Waals surface area contributed by atoms with E-state index in [1.54, 1.807) is 0 Å². The molecule has 156 valence electrons. The molecule has 4 aromatic carbocycles. The first kappa shape index (κ1) is 19.6. The van der Waals surface area contributed by atoms with Gasteiger partial charge in [0.15, 0.2) is 0 Å². The standard InChI is InChI=1S/C27H22N4O/c32-27(29-25-17-9-13-20-10-7-8-16-24(20)25)28-18-22-19-31(23-14-5-2-6-15-23)30-26(22)21-11-3-1-4-12-21/h1-17,19H,18H2,(H2,28,29,32). The molecule has 0 atom stereocenters. The molecule has 0 saturated heterocycles. The number of carbonyl (C=O) groups is 1. The minimum absolute atomic E-state index is 0.257. The van der Waals surface area contributed by atoms with Gasteiger partial charge in [-0.25, -0.2) is 9.48 Å². The summed E-state index contributed by atoms with van der Waals surface area (Å²) in [6.45, 7) is 0.355. The van der Waals surface area contributed by atoms with Crippen molar-refractivity contribution in [3.05, 3.63) is 115 Å². The fourth-order valence-corrected chi connectivity index (χ4v) is 3.77. The van der Waals surface area contributed by atoms with Gasteiger partial charge >= 0.3 is 6.03 Å². The number of hydrogen-bond acceptors (Lipinski definition) is 2. The second kappa shape index (κ2) is 8.78. The van der Waals surface area contributed by atoms with E-state index in [1.165, 1.54) is 0 Å². The van der Waals surface area contributed by atoms with Gasteiger partial charge in [-0.05, 0) is 23.6 Å². The van der Waals surface area contributed by atoms with Gasteiger partial charge in [-0.2, -0.15) is 5.10 Å². The summed E-state index contributed by atoms with van der Waals surface area (Å²) < 4.78 is 1.85. The van der Waals surface area contributed by atoms with E-state index in [0.29, 0.717) is 6.54 Å². The van der Waals surface area contributed by atoms with Gasteiger partial charge < -0.3 is 10.6 Å². The van der Waals surface area contributed by atoms with Crippen LogP contribution in [0.3, 0.4) is 0 Å². The van der Waals surface area contributed by atoms with Crippen LogP contribution in [0.2, 0.25) is 0 Å². The zero-order valence-corrected chi connectivity index (χ0v) is 17.4. The number of aromatic nitrogens is 2. The van der Waals surface area contributed by atoms with Gasteiger partial charge in [0.05, 0.1) is 17.1 Å². The highest BCUT2D eigenvalue weighted by Crippen LogP contribution is 2.25. The van der Waals surface area contributed by atoms with Crippen molar-refractivity contribution in [3.8, 4) is 16.9 Å². The summed E-state index contributed by atoms with van der Waals surface area (Å²) in [6, 6.07) is 33.6. The second-order valence-electron chi connectivity index (χ2n) is 7.48. The maximum atomic E-state index is 12.7. The van der Waals surface area contributed by atoms with E-state index in [4.69, 9.17) is 5.10 Å². The van der Waals surface area contributed by atoms with Gasteiger partial charge in [-0.1, -0.05) is 84.9 Å². The zero-order chi connectivity index (χ0) is 21.8. The van der Waals surface area contributed by atoms with E-state index < -0.39 is 0 Å². The number of fused-ring (bicyclic) bond motifs is 1. The van der Waals surface area contributed by atoms with Crippen LogP contribution < -0.4 is 10.6 Å². The molecule has 5 rings (SSSR count). The first-order chi connectivity index (χ1) is 15.8. The monoisotopic (exact) mass is 418 g/mol. The highest BCUT2D eigenvalue weighted by Gasteiger charge is 2.13. The van der Waals surface area contributed by atoms with E-state index in [9.17, 15) is 4.79 Å². The molecule has 0 fully saturated rings. The Kier molecular flexibility index (Phi) is 5.37. The Hall–Kier alpha value is -4.38. The molecule has 0 aliphatic heterocycles. The number of rotatable bonds is 5. The van der Waals surface area contributed by atoms with Gasteiger partial charge in [0.1, 0.15) is 0 Å². The third-order valence-electron chi connectivity index (χ3n) is 5.34. The topological polar surface area (TPSA) is 59.0 Å². The third kappa shape index (κ3) is 4.09. The summed E-state index contributed by atoms with van der Waals surface area (Å²) in [4.78, 5) is 12.7. The molecule has 0 spiro atoms. The van der Waals surface area contributed by atoms with E-state index in [0.717, 1.165) is 39.0 Å². The van der Waals surface area contributed by atoms with Crippen LogP contribution >= 0.6 is 0 Å². The maximum absolute atomic E-state index is 12.7. The average molecular weight is 419 g/mol. The summed E-state index contributed by atoms with van der Waals surface area (Å²) in [5.74, 6) is 0. The molecule has 0 radical (unpaired) electrons. The van der Waals surface area contributed by atoms with Gasteiger partial charge in [0.25, 0.3) is 0 Å². The highest BCUT2D eigenvalue weighted by atomic mass is 16.2. The number of anilines is 1. The molecule has 1 aromatic heterocycles. The molecule has 0 aliphatic rings. The molecule has 0 saturated carbocycles. The normalized spacial score (nSPS) is 10.8. The van der Waals surface area contributed by atoms with Crippen molar-refractivity contribution < 1.29 is 4.79 Å². The molecular weight excluding hydrogens is 396 g/mol. The van der Waals surface area contributed by atoms with Crippen LogP contribution in [0.1, 0.15) is 5.56 Å². The van der Waals surface area contributed by atoms with Crippen molar-refractivity contribution in [2.24, 2.45) is 0 Å². The Bertz CT molecular complexity index is 1360. The summed E-state index contributed by atoms with van der Waals surface area (Å²) in [5.41, 5.74) is 4.54. The molecular formula is C27H22N4O. The average Bonchev–Trinajstić information content (AvgIpc) is 3.28. The minimum atomic E-state index is -0.257. The summed E-state index contributed by atoms with van der Waals surface area (Å²) >= 11 is 0. The van der Waals surface area contributed by atoms with Crippen LogP contribution in [0.5, 0.6) is 0 Å². The molecule has 1 heterocycles. The number of nitrogens with zero attached hydrogens (tertiary/aromatic N) is 2. The Morgan fingerprint density at radius 3 is 2.28 bits per heavy atom. The predicted octanol–water partition coefficient (Wildman–Crippen LogP) is 6.01. The number of hydrogen-bond donors (Lipinski definition) is 2.